The molecule has 0 spiro atoms. The highest BCUT2D eigenvalue weighted by atomic mass is 16.3. The summed E-state index contributed by atoms with van der Waals surface area (Å²) >= 11 is 0. The van der Waals surface area contributed by atoms with Crippen molar-refractivity contribution in [1.29, 1.82) is 0 Å². The highest BCUT2D eigenvalue weighted by Crippen LogP contribution is 2.19. The zero-order chi connectivity index (χ0) is 13.8. The first-order chi connectivity index (χ1) is 9.88. The molecule has 2 aromatic heterocycles. The van der Waals surface area contributed by atoms with Crippen molar-refractivity contribution in [3.8, 4) is 0 Å². The highest BCUT2D eigenvalue weighted by Gasteiger charge is 2.11. The van der Waals surface area contributed by atoms with Crippen LogP contribution in [0, 0.1) is 0 Å². The first-order valence-electron chi connectivity index (χ1n) is 7.20. The van der Waals surface area contributed by atoms with E-state index in [2.05, 4.69) is 47.7 Å². The van der Waals surface area contributed by atoms with Crippen molar-refractivity contribution in [2.45, 2.75) is 25.8 Å². The van der Waals surface area contributed by atoms with E-state index < -0.39 is 0 Å². The Morgan fingerprint density at radius 3 is 2.90 bits per heavy atom. The maximum atomic E-state index is 5.48. The van der Waals surface area contributed by atoms with Crippen LogP contribution >= 0.6 is 0 Å². The second kappa shape index (κ2) is 5.97. The zero-order valence-electron chi connectivity index (χ0n) is 11.7. The Morgan fingerprint density at radius 2 is 2.10 bits per heavy atom. The Morgan fingerprint density at radius 1 is 1.20 bits per heavy atom. The lowest BCUT2D eigenvalue weighted by molar-refractivity contribution is 0.406. The van der Waals surface area contributed by atoms with E-state index in [4.69, 9.17) is 4.42 Å². The molecule has 3 nitrogen and oxygen atoms in total. The second-order valence-corrected chi connectivity index (χ2v) is 5.04. The number of benzene rings is 1. The predicted octanol–water partition coefficient (Wildman–Crippen LogP) is 4.04. The molecule has 1 unspecified atom stereocenters. The van der Waals surface area contributed by atoms with E-state index in [0.717, 1.165) is 25.1 Å². The molecule has 20 heavy (non-hydrogen) atoms. The van der Waals surface area contributed by atoms with Crippen LogP contribution in [0.1, 0.15) is 30.7 Å². The SMILES string of the molecule is CCC(NCCc1c[nH]c2ccccc12)c1ccco1. The van der Waals surface area contributed by atoms with Crippen molar-refractivity contribution in [2.75, 3.05) is 6.54 Å². The summed E-state index contributed by atoms with van der Waals surface area (Å²) in [6.07, 6.45) is 5.89. The Hall–Kier alpha value is -2.00. The molecule has 0 amide bonds. The van der Waals surface area contributed by atoms with E-state index in [-0.39, 0.29) is 0 Å². The van der Waals surface area contributed by atoms with E-state index >= 15 is 0 Å². The van der Waals surface area contributed by atoms with Crippen LogP contribution in [0.5, 0.6) is 0 Å². The molecule has 0 saturated heterocycles. The van der Waals surface area contributed by atoms with Gasteiger partial charge in [0.1, 0.15) is 5.76 Å². The summed E-state index contributed by atoms with van der Waals surface area (Å²) in [4.78, 5) is 3.32. The molecule has 1 atom stereocenters. The van der Waals surface area contributed by atoms with Gasteiger partial charge in [-0.1, -0.05) is 25.1 Å². The van der Waals surface area contributed by atoms with Gasteiger partial charge < -0.3 is 14.7 Å². The summed E-state index contributed by atoms with van der Waals surface area (Å²) in [5.74, 6) is 1.02. The lowest BCUT2D eigenvalue weighted by Gasteiger charge is -2.14. The third kappa shape index (κ3) is 2.63. The predicted molar refractivity (Wildman–Crippen MR) is 81.7 cm³/mol. The number of aromatic nitrogens is 1. The lowest BCUT2D eigenvalue weighted by Crippen LogP contribution is -2.22. The Balaban J connectivity index is 1.62. The third-order valence-corrected chi connectivity index (χ3v) is 3.75. The van der Waals surface area contributed by atoms with Gasteiger partial charge in [-0.25, -0.2) is 0 Å². The van der Waals surface area contributed by atoms with Crippen molar-refractivity contribution >= 4 is 10.9 Å². The molecule has 2 heterocycles. The van der Waals surface area contributed by atoms with Gasteiger partial charge in [0, 0.05) is 17.1 Å². The van der Waals surface area contributed by atoms with Crippen LogP contribution in [0.25, 0.3) is 10.9 Å². The molecule has 0 aliphatic carbocycles. The maximum absolute atomic E-state index is 5.48. The first kappa shape index (κ1) is 13.0. The monoisotopic (exact) mass is 268 g/mol. The van der Waals surface area contributed by atoms with Crippen molar-refractivity contribution in [1.82, 2.24) is 10.3 Å². The minimum Gasteiger partial charge on any atom is -0.468 e. The van der Waals surface area contributed by atoms with Crippen molar-refractivity contribution in [2.24, 2.45) is 0 Å². The molecule has 0 aliphatic heterocycles. The molecule has 0 saturated carbocycles. The molecule has 0 bridgehead atoms. The number of H-pyrrole nitrogens is 1. The van der Waals surface area contributed by atoms with Gasteiger partial charge in [0.15, 0.2) is 0 Å². The minimum absolute atomic E-state index is 0.301. The largest absolute Gasteiger partial charge is 0.468 e. The molecular formula is C17H20N2O. The molecule has 0 fully saturated rings. The number of furan rings is 1. The normalized spacial score (nSPS) is 12.8. The van der Waals surface area contributed by atoms with Gasteiger partial charge in [0.2, 0.25) is 0 Å². The van der Waals surface area contributed by atoms with E-state index in [0.29, 0.717) is 6.04 Å². The van der Waals surface area contributed by atoms with Gasteiger partial charge in [-0.2, -0.15) is 0 Å². The third-order valence-electron chi connectivity index (χ3n) is 3.75. The zero-order valence-corrected chi connectivity index (χ0v) is 11.7. The van der Waals surface area contributed by atoms with Crippen LogP contribution in [-0.2, 0) is 6.42 Å². The Labute approximate surface area is 119 Å². The molecular weight excluding hydrogens is 248 g/mol. The van der Waals surface area contributed by atoms with Gasteiger partial charge >= 0.3 is 0 Å². The number of aromatic amines is 1. The fourth-order valence-corrected chi connectivity index (χ4v) is 2.66. The second-order valence-electron chi connectivity index (χ2n) is 5.04. The van der Waals surface area contributed by atoms with Gasteiger partial charge in [-0.05, 0) is 43.1 Å². The summed E-state index contributed by atoms with van der Waals surface area (Å²) in [5.41, 5.74) is 2.57. The Bertz CT molecular complexity index is 655. The van der Waals surface area contributed by atoms with Crippen molar-refractivity contribution < 1.29 is 4.42 Å². The molecule has 0 radical (unpaired) electrons. The number of fused-ring (bicyclic) bond motifs is 1. The van der Waals surface area contributed by atoms with Crippen LogP contribution < -0.4 is 5.32 Å². The summed E-state index contributed by atoms with van der Waals surface area (Å²) < 4.78 is 5.48. The van der Waals surface area contributed by atoms with Gasteiger partial charge in [-0.15, -0.1) is 0 Å². The number of hydrogen-bond acceptors (Lipinski definition) is 2. The number of para-hydroxylation sites is 1. The fourth-order valence-electron chi connectivity index (χ4n) is 2.66. The Kier molecular flexibility index (Phi) is 3.88. The number of nitrogens with one attached hydrogen (secondary N) is 2. The average molecular weight is 268 g/mol. The van der Waals surface area contributed by atoms with Crippen LogP contribution in [-0.4, -0.2) is 11.5 Å². The summed E-state index contributed by atoms with van der Waals surface area (Å²) in [6, 6.07) is 12.7. The van der Waals surface area contributed by atoms with E-state index in [1.807, 2.05) is 12.1 Å². The molecule has 0 aliphatic rings. The average Bonchev–Trinajstić information content (AvgIpc) is 3.14. The minimum atomic E-state index is 0.301. The summed E-state index contributed by atoms with van der Waals surface area (Å²) in [5, 5.41) is 4.89. The summed E-state index contributed by atoms with van der Waals surface area (Å²) in [7, 11) is 0. The smallest absolute Gasteiger partial charge is 0.120 e. The fraction of sp³-hybridized carbons (Fsp3) is 0.294. The van der Waals surface area contributed by atoms with E-state index in [9.17, 15) is 0 Å². The van der Waals surface area contributed by atoms with E-state index in [1.54, 1.807) is 6.26 Å². The van der Waals surface area contributed by atoms with Gasteiger partial charge in [0.25, 0.3) is 0 Å². The molecule has 1 aromatic carbocycles. The molecule has 3 heteroatoms. The van der Waals surface area contributed by atoms with E-state index in [1.165, 1.54) is 16.5 Å². The maximum Gasteiger partial charge on any atom is 0.120 e. The molecule has 104 valence electrons. The first-order valence-corrected chi connectivity index (χ1v) is 7.20. The molecule has 3 rings (SSSR count). The molecule has 3 aromatic rings. The number of rotatable bonds is 6. The van der Waals surface area contributed by atoms with Crippen molar-refractivity contribution in [3.05, 3.63) is 60.2 Å². The standard InChI is InChI=1S/C17H20N2O/c1-2-15(17-8-5-11-20-17)18-10-9-13-12-19-16-7-4-3-6-14(13)16/h3-8,11-12,15,18-19H,2,9-10H2,1H3. The van der Waals surface area contributed by atoms with Crippen molar-refractivity contribution in [3.63, 3.8) is 0 Å². The summed E-state index contributed by atoms with van der Waals surface area (Å²) in [6.45, 7) is 3.12. The van der Waals surface area contributed by atoms with Crippen LogP contribution in [0.4, 0.5) is 0 Å². The van der Waals surface area contributed by atoms with Crippen LogP contribution in [0.3, 0.4) is 0 Å². The topological polar surface area (TPSA) is 41.0 Å². The quantitative estimate of drug-likeness (QED) is 0.708. The highest BCUT2D eigenvalue weighted by molar-refractivity contribution is 5.83. The van der Waals surface area contributed by atoms with Crippen LogP contribution in [0.15, 0.2) is 53.3 Å². The van der Waals surface area contributed by atoms with Gasteiger partial charge in [0.05, 0.1) is 12.3 Å². The van der Waals surface area contributed by atoms with Gasteiger partial charge in [-0.3, -0.25) is 0 Å². The lowest BCUT2D eigenvalue weighted by atomic mass is 10.1. The molecule has 2 N–H and O–H groups in total. The van der Waals surface area contributed by atoms with Crippen LogP contribution in [0.2, 0.25) is 0 Å². The number of hydrogen-bond donors (Lipinski definition) is 2.